The molecule has 0 unspecified atom stereocenters. The first-order chi connectivity index (χ1) is 7.22. The van der Waals surface area contributed by atoms with Crippen molar-refractivity contribution < 1.29 is 9.53 Å². The Hall–Kier alpha value is -0.870. The van der Waals surface area contributed by atoms with Gasteiger partial charge in [-0.2, -0.15) is 0 Å². The summed E-state index contributed by atoms with van der Waals surface area (Å²) in [5.41, 5.74) is 0.651. The monoisotopic (exact) mass is 284 g/mol. The van der Waals surface area contributed by atoms with E-state index in [0.29, 0.717) is 12.2 Å². The molecule has 0 atom stereocenters. The van der Waals surface area contributed by atoms with Crippen molar-refractivity contribution in [2.75, 3.05) is 6.61 Å². The van der Waals surface area contributed by atoms with Gasteiger partial charge in [-0.05, 0) is 25.1 Å². The lowest BCUT2D eigenvalue weighted by Crippen LogP contribution is -2.03. The largest absolute Gasteiger partial charge is 0.462 e. The van der Waals surface area contributed by atoms with Crippen molar-refractivity contribution in [2.24, 2.45) is 0 Å². The fourth-order valence-electron chi connectivity index (χ4n) is 1.37. The maximum Gasteiger partial charge on any atom is 0.339 e. The van der Waals surface area contributed by atoms with Gasteiger partial charge in [0.05, 0.1) is 12.2 Å². The van der Waals surface area contributed by atoms with Gasteiger partial charge in [0, 0.05) is 19.9 Å². The molecule has 78 valence electrons. The normalized spacial score (nSPS) is 10.5. The highest BCUT2D eigenvalue weighted by molar-refractivity contribution is 9.10. The number of fused-ring (bicyclic) bond motifs is 1. The fourth-order valence-corrected chi connectivity index (χ4v) is 2.64. The Morgan fingerprint density at radius 3 is 3.07 bits per heavy atom. The van der Waals surface area contributed by atoms with Crippen LogP contribution in [0.5, 0.6) is 0 Å². The van der Waals surface area contributed by atoms with Gasteiger partial charge >= 0.3 is 5.97 Å². The Morgan fingerprint density at radius 2 is 2.33 bits per heavy atom. The number of esters is 1. The van der Waals surface area contributed by atoms with Gasteiger partial charge in [-0.3, -0.25) is 0 Å². The zero-order chi connectivity index (χ0) is 10.8. The van der Waals surface area contributed by atoms with Crippen molar-refractivity contribution in [2.45, 2.75) is 6.92 Å². The lowest BCUT2D eigenvalue weighted by atomic mass is 10.2. The zero-order valence-electron chi connectivity index (χ0n) is 8.12. The molecule has 0 aliphatic heterocycles. The van der Waals surface area contributed by atoms with Crippen LogP contribution in [-0.4, -0.2) is 12.6 Å². The second-order valence-corrected chi connectivity index (χ2v) is 4.84. The van der Waals surface area contributed by atoms with E-state index >= 15 is 0 Å². The van der Waals surface area contributed by atoms with Crippen molar-refractivity contribution in [3.8, 4) is 0 Å². The molecule has 0 N–H and O–H groups in total. The molecule has 15 heavy (non-hydrogen) atoms. The molecule has 1 heterocycles. The number of rotatable bonds is 2. The van der Waals surface area contributed by atoms with Crippen LogP contribution in [0.3, 0.4) is 0 Å². The van der Waals surface area contributed by atoms with Crippen molar-refractivity contribution in [1.29, 1.82) is 0 Å². The van der Waals surface area contributed by atoms with E-state index in [1.807, 2.05) is 30.5 Å². The van der Waals surface area contributed by atoms with E-state index in [1.165, 1.54) is 0 Å². The molecule has 0 aliphatic carbocycles. The Bertz CT molecular complexity index is 504. The average Bonchev–Trinajstić information content (AvgIpc) is 2.60. The molecule has 4 heteroatoms. The number of carbonyl (C=O) groups excluding carboxylic acids is 1. The quantitative estimate of drug-likeness (QED) is 0.784. The lowest BCUT2D eigenvalue weighted by molar-refractivity contribution is 0.0529. The minimum atomic E-state index is -0.248. The number of halogens is 1. The molecule has 1 aromatic carbocycles. The van der Waals surface area contributed by atoms with Crippen LogP contribution in [0.4, 0.5) is 0 Å². The van der Waals surface area contributed by atoms with Gasteiger partial charge < -0.3 is 4.74 Å². The van der Waals surface area contributed by atoms with Crippen molar-refractivity contribution in [1.82, 2.24) is 0 Å². The number of thiophene rings is 1. The second-order valence-electron chi connectivity index (χ2n) is 3.01. The summed E-state index contributed by atoms with van der Waals surface area (Å²) < 4.78 is 7.06. The summed E-state index contributed by atoms with van der Waals surface area (Å²) in [5.74, 6) is -0.248. The molecule has 1 aromatic heterocycles. The molecule has 0 amide bonds. The number of hydrogen-bond donors (Lipinski definition) is 0. The standard InChI is InChI=1S/C11H9BrO2S/c1-2-14-11(13)9-6-15-10-4-3-7(12)5-8(9)10/h3-6H,2H2,1H3. The Kier molecular flexibility index (Phi) is 3.07. The van der Waals surface area contributed by atoms with Crippen LogP contribution in [0, 0.1) is 0 Å². The maximum absolute atomic E-state index is 11.6. The van der Waals surface area contributed by atoms with Crippen LogP contribution in [0.15, 0.2) is 28.1 Å². The molecule has 0 bridgehead atoms. The zero-order valence-corrected chi connectivity index (χ0v) is 10.5. The predicted octanol–water partition coefficient (Wildman–Crippen LogP) is 3.84. The summed E-state index contributed by atoms with van der Waals surface area (Å²) in [5, 5.41) is 2.79. The summed E-state index contributed by atoms with van der Waals surface area (Å²) in [7, 11) is 0. The first-order valence-corrected chi connectivity index (χ1v) is 6.23. The second kappa shape index (κ2) is 4.33. The molecule has 0 radical (unpaired) electrons. The summed E-state index contributed by atoms with van der Waals surface area (Å²) >= 11 is 4.95. The van der Waals surface area contributed by atoms with Gasteiger partial charge in [0.15, 0.2) is 0 Å². The van der Waals surface area contributed by atoms with Gasteiger partial charge in [0.2, 0.25) is 0 Å². The van der Waals surface area contributed by atoms with Crippen LogP contribution >= 0.6 is 27.3 Å². The molecular weight excluding hydrogens is 276 g/mol. The van der Waals surface area contributed by atoms with E-state index < -0.39 is 0 Å². The third-order valence-corrected chi connectivity index (χ3v) is 3.49. The lowest BCUT2D eigenvalue weighted by Gasteiger charge is -1.99. The minimum Gasteiger partial charge on any atom is -0.462 e. The summed E-state index contributed by atoms with van der Waals surface area (Å²) in [6.07, 6.45) is 0. The molecule has 0 aliphatic rings. The molecule has 2 nitrogen and oxygen atoms in total. The predicted molar refractivity (Wildman–Crippen MR) is 65.5 cm³/mol. The van der Waals surface area contributed by atoms with Gasteiger partial charge in [-0.1, -0.05) is 15.9 Å². The highest BCUT2D eigenvalue weighted by atomic mass is 79.9. The van der Waals surface area contributed by atoms with Crippen LogP contribution < -0.4 is 0 Å². The van der Waals surface area contributed by atoms with Crippen molar-refractivity contribution in [3.63, 3.8) is 0 Å². The molecule has 2 aromatic rings. The topological polar surface area (TPSA) is 26.3 Å². The van der Waals surface area contributed by atoms with Gasteiger partial charge in [0.25, 0.3) is 0 Å². The number of ether oxygens (including phenoxy) is 1. The van der Waals surface area contributed by atoms with Crippen LogP contribution in [0.2, 0.25) is 0 Å². The SMILES string of the molecule is CCOC(=O)c1csc2ccc(Br)cc12. The summed E-state index contributed by atoms with van der Waals surface area (Å²) in [6.45, 7) is 2.21. The van der Waals surface area contributed by atoms with Gasteiger partial charge in [-0.25, -0.2) is 4.79 Å². The molecular formula is C11H9BrO2S. The first kappa shape index (κ1) is 10.6. The van der Waals surface area contributed by atoms with E-state index in [9.17, 15) is 4.79 Å². The summed E-state index contributed by atoms with van der Waals surface area (Å²) in [4.78, 5) is 11.6. The van der Waals surface area contributed by atoms with Crippen LogP contribution in [0.1, 0.15) is 17.3 Å². The van der Waals surface area contributed by atoms with Crippen LogP contribution in [0.25, 0.3) is 10.1 Å². The third kappa shape index (κ3) is 2.06. The van der Waals surface area contributed by atoms with Crippen LogP contribution in [-0.2, 0) is 4.74 Å². The Balaban J connectivity index is 2.52. The molecule has 0 saturated carbocycles. The maximum atomic E-state index is 11.6. The molecule has 0 spiro atoms. The third-order valence-electron chi connectivity index (χ3n) is 2.03. The molecule has 2 rings (SSSR count). The van der Waals surface area contributed by atoms with Crippen molar-refractivity contribution >= 4 is 43.3 Å². The van der Waals surface area contributed by atoms with E-state index in [-0.39, 0.29) is 5.97 Å². The van der Waals surface area contributed by atoms with E-state index in [0.717, 1.165) is 14.6 Å². The first-order valence-electron chi connectivity index (χ1n) is 4.56. The van der Waals surface area contributed by atoms with Crippen molar-refractivity contribution in [3.05, 3.63) is 33.6 Å². The number of hydrogen-bond acceptors (Lipinski definition) is 3. The Labute approximate surface area is 100.0 Å². The highest BCUT2D eigenvalue weighted by Gasteiger charge is 2.12. The molecule has 0 saturated heterocycles. The smallest absolute Gasteiger partial charge is 0.339 e. The van der Waals surface area contributed by atoms with E-state index in [1.54, 1.807) is 11.3 Å². The minimum absolute atomic E-state index is 0.248. The van der Waals surface area contributed by atoms with Gasteiger partial charge in [-0.15, -0.1) is 11.3 Å². The van der Waals surface area contributed by atoms with E-state index in [4.69, 9.17) is 4.74 Å². The highest BCUT2D eigenvalue weighted by Crippen LogP contribution is 2.29. The Morgan fingerprint density at radius 1 is 1.53 bits per heavy atom. The number of benzene rings is 1. The molecule has 0 fully saturated rings. The van der Waals surface area contributed by atoms with Gasteiger partial charge in [0.1, 0.15) is 0 Å². The van der Waals surface area contributed by atoms with E-state index in [2.05, 4.69) is 15.9 Å². The average molecular weight is 285 g/mol. The number of carbonyl (C=O) groups is 1. The fraction of sp³-hybridized carbons (Fsp3) is 0.182. The summed E-state index contributed by atoms with van der Waals surface area (Å²) in [6, 6.07) is 5.90.